The van der Waals surface area contributed by atoms with Gasteiger partial charge in [0, 0.05) is 10.8 Å². The number of hydrogen-bond acceptors (Lipinski definition) is 0. The third-order valence-corrected chi connectivity index (χ3v) is 6.83. The first kappa shape index (κ1) is 17.3. The molecule has 0 saturated carbocycles. The molecular weight excluding hydrogens is 336 g/mol. The van der Waals surface area contributed by atoms with E-state index in [1.54, 1.807) is 0 Å². The lowest BCUT2D eigenvalue weighted by Gasteiger charge is -2.33. The third-order valence-electron chi connectivity index (χ3n) is 6.83. The molecule has 0 heterocycles. The van der Waals surface area contributed by atoms with Crippen molar-refractivity contribution >= 4 is 21.5 Å². The van der Waals surface area contributed by atoms with Crippen molar-refractivity contribution in [1.82, 2.24) is 0 Å². The lowest BCUT2D eigenvalue weighted by Crippen LogP contribution is -2.23. The Morgan fingerprint density at radius 2 is 0.786 bits per heavy atom. The summed E-state index contributed by atoms with van der Waals surface area (Å²) in [5.74, 6) is 0. The highest BCUT2D eigenvalue weighted by Gasteiger charge is 2.35. The monoisotopic (exact) mass is 362 g/mol. The fraction of sp³-hybridized carbons (Fsp3) is 0.214. The van der Waals surface area contributed by atoms with E-state index in [1.807, 2.05) is 0 Å². The standard InChI is InChI=1S/C28H26/c1-3-27(17-9-10-18-27)25-21-13-5-7-15-23(21)26(24-16-8-6-14-22(24)25)28(4-2)19-11-12-20-28/h5-20H,3-4H2,1-2H3. The van der Waals surface area contributed by atoms with E-state index in [1.165, 1.54) is 32.7 Å². The second kappa shape index (κ2) is 6.34. The molecule has 0 N–H and O–H groups in total. The van der Waals surface area contributed by atoms with Crippen LogP contribution < -0.4 is 0 Å². The van der Waals surface area contributed by atoms with Gasteiger partial charge >= 0.3 is 0 Å². The maximum absolute atomic E-state index is 2.38. The Labute approximate surface area is 167 Å². The molecule has 2 aliphatic rings. The Kier molecular flexibility index (Phi) is 3.91. The molecule has 5 rings (SSSR count). The number of rotatable bonds is 4. The van der Waals surface area contributed by atoms with Crippen LogP contribution in [-0.4, -0.2) is 0 Å². The van der Waals surface area contributed by atoms with E-state index in [0.29, 0.717) is 0 Å². The Morgan fingerprint density at radius 3 is 1.04 bits per heavy atom. The van der Waals surface area contributed by atoms with Crippen LogP contribution in [0.4, 0.5) is 0 Å². The molecule has 0 unspecified atom stereocenters. The highest BCUT2D eigenvalue weighted by Crippen LogP contribution is 2.49. The molecule has 28 heavy (non-hydrogen) atoms. The fourth-order valence-corrected chi connectivity index (χ4v) is 5.31. The summed E-state index contributed by atoms with van der Waals surface area (Å²) in [5.41, 5.74) is 2.84. The molecule has 0 radical (unpaired) electrons. The average Bonchev–Trinajstić information content (AvgIpc) is 3.42. The minimum Gasteiger partial charge on any atom is -0.0702 e. The van der Waals surface area contributed by atoms with Gasteiger partial charge in [-0.3, -0.25) is 0 Å². The van der Waals surface area contributed by atoms with Gasteiger partial charge in [-0.25, -0.2) is 0 Å². The predicted molar refractivity (Wildman–Crippen MR) is 122 cm³/mol. The van der Waals surface area contributed by atoms with Crippen LogP contribution in [0, 0.1) is 0 Å². The second-order valence-electron chi connectivity index (χ2n) is 8.07. The molecule has 0 nitrogen and oxygen atoms in total. The molecule has 0 fully saturated rings. The van der Waals surface area contributed by atoms with Crippen LogP contribution in [0.3, 0.4) is 0 Å². The number of hydrogen-bond donors (Lipinski definition) is 0. The first-order chi connectivity index (χ1) is 13.7. The largest absolute Gasteiger partial charge is 0.0702 e. The molecule has 0 aromatic heterocycles. The SMILES string of the molecule is CCC1(c2c3ccccc3c(C3(CC)C=CC=C3)c3ccccc23)C=CC=C1. The van der Waals surface area contributed by atoms with Crippen molar-refractivity contribution in [2.45, 2.75) is 37.5 Å². The molecule has 0 bridgehead atoms. The van der Waals surface area contributed by atoms with E-state index in [2.05, 4.69) is 111 Å². The van der Waals surface area contributed by atoms with Crippen molar-refractivity contribution in [3.63, 3.8) is 0 Å². The first-order valence-electron chi connectivity index (χ1n) is 10.4. The smallest absolute Gasteiger partial charge is 0.0327 e. The molecule has 0 heteroatoms. The van der Waals surface area contributed by atoms with Gasteiger partial charge in [-0.05, 0) is 45.5 Å². The summed E-state index contributed by atoms with van der Waals surface area (Å²) >= 11 is 0. The summed E-state index contributed by atoms with van der Waals surface area (Å²) < 4.78 is 0. The Morgan fingerprint density at radius 1 is 0.500 bits per heavy atom. The van der Waals surface area contributed by atoms with E-state index in [9.17, 15) is 0 Å². The van der Waals surface area contributed by atoms with Gasteiger partial charge < -0.3 is 0 Å². The Balaban J connectivity index is 2.01. The number of benzene rings is 3. The van der Waals surface area contributed by atoms with Gasteiger partial charge in [0.05, 0.1) is 0 Å². The molecule has 2 aliphatic carbocycles. The highest BCUT2D eigenvalue weighted by atomic mass is 14.4. The quantitative estimate of drug-likeness (QED) is 0.420. The molecule has 0 aliphatic heterocycles. The highest BCUT2D eigenvalue weighted by molar-refractivity contribution is 6.08. The lowest BCUT2D eigenvalue weighted by molar-refractivity contribution is 0.654. The lowest BCUT2D eigenvalue weighted by atomic mass is 9.69. The van der Waals surface area contributed by atoms with Gasteiger partial charge in [0.25, 0.3) is 0 Å². The van der Waals surface area contributed by atoms with E-state index < -0.39 is 0 Å². The molecule has 0 amide bonds. The van der Waals surface area contributed by atoms with Crippen LogP contribution in [0.1, 0.15) is 37.8 Å². The van der Waals surface area contributed by atoms with Crippen LogP contribution in [0.2, 0.25) is 0 Å². The van der Waals surface area contributed by atoms with Crippen LogP contribution in [0.15, 0.2) is 97.1 Å². The predicted octanol–water partition coefficient (Wildman–Crippen LogP) is 7.54. The van der Waals surface area contributed by atoms with E-state index in [-0.39, 0.29) is 10.8 Å². The van der Waals surface area contributed by atoms with Gasteiger partial charge in [-0.1, -0.05) is 111 Å². The molecular formula is C28H26. The number of fused-ring (bicyclic) bond motifs is 2. The Bertz CT molecular complexity index is 1010. The van der Waals surface area contributed by atoms with Gasteiger partial charge in [0.15, 0.2) is 0 Å². The summed E-state index contributed by atoms with van der Waals surface area (Å²) in [6, 6.07) is 18.1. The molecule has 3 aromatic carbocycles. The summed E-state index contributed by atoms with van der Waals surface area (Å²) in [6.45, 7) is 4.60. The van der Waals surface area contributed by atoms with Crippen LogP contribution in [-0.2, 0) is 10.8 Å². The van der Waals surface area contributed by atoms with Crippen molar-refractivity contribution in [3.05, 3.63) is 108 Å². The average molecular weight is 363 g/mol. The normalized spacial score (nSPS) is 18.6. The van der Waals surface area contributed by atoms with Crippen molar-refractivity contribution < 1.29 is 0 Å². The van der Waals surface area contributed by atoms with E-state index in [0.717, 1.165) is 12.8 Å². The molecule has 0 saturated heterocycles. The van der Waals surface area contributed by atoms with Crippen LogP contribution >= 0.6 is 0 Å². The summed E-state index contributed by atoms with van der Waals surface area (Å²) in [7, 11) is 0. The molecule has 3 aromatic rings. The van der Waals surface area contributed by atoms with Gasteiger partial charge in [-0.2, -0.15) is 0 Å². The molecule has 0 spiro atoms. The van der Waals surface area contributed by atoms with Gasteiger partial charge in [-0.15, -0.1) is 0 Å². The van der Waals surface area contributed by atoms with E-state index in [4.69, 9.17) is 0 Å². The minimum atomic E-state index is -0.0293. The zero-order valence-electron chi connectivity index (χ0n) is 16.7. The van der Waals surface area contributed by atoms with Crippen LogP contribution in [0.25, 0.3) is 21.5 Å². The third kappa shape index (κ3) is 2.24. The van der Waals surface area contributed by atoms with Crippen molar-refractivity contribution in [1.29, 1.82) is 0 Å². The zero-order chi connectivity index (χ0) is 19.2. The minimum absolute atomic E-state index is 0.0293. The molecule has 138 valence electrons. The summed E-state index contributed by atoms with van der Waals surface area (Å²) in [5, 5.41) is 5.54. The Hall–Kier alpha value is -2.86. The first-order valence-corrected chi connectivity index (χ1v) is 10.4. The van der Waals surface area contributed by atoms with Crippen molar-refractivity contribution in [2.24, 2.45) is 0 Å². The maximum Gasteiger partial charge on any atom is 0.0327 e. The van der Waals surface area contributed by atoms with E-state index >= 15 is 0 Å². The van der Waals surface area contributed by atoms with Gasteiger partial charge in [0.2, 0.25) is 0 Å². The van der Waals surface area contributed by atoms with Crippen molar-refractivity contribution in [3.8, 4) is 0 Å². The zero-order valence-corrected chi connectivity index (χ0v) is 16.7. The van der Waals surface area contributed by atoms with Gasteiger partial charge in [0.1, 0.15) is 0 Å². The number of allylic oxidation sites excluding steroid dienone is 8. The fourth-order valence-electron chi connectivity index (χ4n) is 5.31. The maximum atomic E-state index is 2.38. The van der Waals surface area contributed by atoms with Crippen LogP contribution in [0.5, 0.6) is 0 Å². The molecule has 0 atom stereocenters. The summed E-state index contributed by atoms with van der Waals surface area (Å²) in [6.07, 6.45) is 20.5. The topological polar surface area (TPSA) is 0 Å². The van der Waals surface area contributed by atoms with Crippen molar-refractivity contribution in [2.75, 3.05) is 0 Å². The second-order valence-corrected chi connectivity index (χ2v) is 8.07. The summed E-state index contributed by atoms with van der Waals surface area (Å²) in [4.78, 5) is 0.